The molecule has 1 saturated heterocycles. The zero-order chi connectivity index (χ0) is 22.6. The van der Waals surface area contributed by atoms with Gasteiger partial charge in [0.15, 0.2) is 5.60 Å². The highest BCUT2D eigenvalue weighted by atomic mass is 19.1. The Morgan fingerprint density at radius 1 is 1.00 bits per heavy atom. The molecule has 166 valence electrons. The lowest BCUT2D eigenvalue weighted by molar-refractivity contribution is 0.0224. The van der Waals surface area contributed by atoms with E-state index in [0.717, 1.165) is 38.2 Å². The number of Topliss-reactive ketones (excluding diaryl/α,β-unsaturated/α-hetero) is 1. The molecular formula is C27H29FN2O2. The summed E-state index contributed by atoms with van der Waals surface area (Å²) in [7, 11) is 1.53. The molecule has 5 heteroatoms. The summed E-state index contributed by atoms with van der Waals surface area (Å²) in [5, 5.41) is 3.38. The summed E-state index contributed by atoms with van der Waals surface area (Å²) in [6.45, 7) is 5.91. The van der Waals surface area contributed by atoms with E-state index < -0.39 is 5.60 Å². The molecule has 1 aliphatic rings. The topological polar surface area (TPSA) is 41.6 Å². The van der Waals surface area contributed by atoms with Crippen molar-refractivity contribution >= 4 is 11.5 Å². The summed E-state index contributed by atoms with van der Waals surface area (Å²) in [5.74, 6) is -0.521. The van der Waals surface area contributed by atoms with Crippen molar-refractivity contribution < 1.29 is 13.9 Å². The minimum atomic E-state index is -1.36. The maximum atomic E-state index is 14.1. The number of methoxy groups -OCH3 is 1. The van der Waals surface area contributed by atoms with Gasteiger partial charge in [0.05, 0.1) is 0 Å². The van der Waals surface area contributed by atoms with Crippen LogP contribution in [0.2, 0.25) is 0 Å². The number of ketones is 1. The van der Waals surface area contributed by atoms with Gasteiger partial charge in [0.1, 0.15) is 5.82 Å². The number of benzene rings is 3. The van der Waals surface area contributed by atoms with Crippen molar-refractivity contribution in [1.29, 1.82) is 0 Å². The Balaban J connectivity index is 1.81. The number of rotatable bonds is 7. The second-order valence-electron chi connectivity index (χ2n) is 8.02. The molecule has 0 saturated carbocycles. The first-order valence-electron chi connectivity index (χ1n) is 11.1. The summed E-state index contributed by atoms with van der Waals surface area (Å²) < 4.78 is 19.7. The SMILES string of the molecule is CCc1cc(C(=O)C(OC)(c2ccccc2)c2ccc(F)cc2)ccc1N1CCNCC1. The van der Waals surface area contributed by atoms with Gasteiger partial charge in [-0.1, -0.05) is 49.4 Å². The van der Waals surface area contributed by atoms with Gasteiger partial charge in [0, 0.05) is 44.5 Å². The average molecular weight is 433 g/mol. The maximum absolute atomic E-state index is 14.1. The second kappa shape index (κ2) is 9.63. The van der Waals surface area contributed by atoms with Crippen molar-refractivity contribution in [3.63, 3.8) is 0 Å². The number of hydrogen-bond acceptors (Lipinski definition) is 4. The third-order valence-electron chi connectivity index (χ3n) is 6.24. The highest BCUT2D eigenvalue weighted by Crippen LogP contribution is 2.37. The van der Waals surface area contributed by atoms with Crippen LogP contribution < -0.4 is 10.2 Å². The van der Waals surface area contributed by atoms with Crippen LogP contribution in [0.4, 0.5) is 10.1 Å². The van der Waals surface area contributed by atoms with E-state index in [1.807, 2.05) is 48.5 Å². The fourth-order valence-electron chi connectivity index (χ4n) is 4.54. The van der Waals surface area contributed by atoms with E-state index in [1.54, 1.807) is 12.1 Å². The molecule has 0 amide bonds. The van der Waals surface area contributed by atoms with Crippen LogP contribution in [-0.2, 0) is 16.8 Å². The van der Waals surface area contributed by atoms with E-state index >= 15 is 0 Å². The number of halogens is 1. The Bertz CT molecular complexity index is 1060. The molecule has 0 aromatic heterocycles. The zero-order valence-electron chi connectivity index (χ0n) is 18.6. The van der Waals surface area contributed by atoms with Gasteiger partial charge in [-0.2, -0.15) is 0 Å². The number of hydrogen-bond donors (Lipinski definition) is 1. The molecule has 1 unspecified atom stereocenters. The lowest BCUT2D eigenvalue weighted by atomic mass is 9.79. The van der Waals surface area contributed by atoms with E-state index in [2.05, 4.69) is 17.1 Å². The second-order valence-corrected chi connectivity index (χ2v) is 8.02. The largest absolute Gasteiger partial charge is 0.369 e. The maximum Gasteiger partial charge on any atom is 0.203 e. The third-order valence-corrected chi connectivity index (χ3v) is 6.24. The van der Waals surface area contributed by atoms with Crippen molar-refractivity contribution in [2.24, 2.45) is 0 Å². The number of piperazine rings is 1. The van der Waals surface area contributed by atoms with Crippen LogP contribution in [-0.4, -0.2) is 39.1 Å². The highest BCUT2D eigenvalue weighted by molar-refractivity contribution is 6.05. The summed E-state index contributed by atoms with van der Waals surface area (Å²) >= 11 is 0. The molecule has 4 rings (SSSR count). The predicted octanol–water partition coefficient (Wildman–Crippen LogP) is 4.57. The average Bonchev–Trinajstić information content (AvgIpc) is 2.86. The molecule has 0 radical (unpaired) electrons. The smallest absolute Gasteiger partial charge is 0.203 e. The van der Waals surface area contributed by atoms with Crippen LogP contribution in [0.15, 0.2) is 72.8 Å². The van der Waals surface area contributed by atoms with Crippen LogP contribution in [0.5, 0.6) is 0 Å². The molecule has 0 aliphatic carbocycles. The summed E-state index contributed by atoms with van der Waals surface area (Å²) in [6.07, 6.45) is 0.822. The van der Waals surface area contributed by atoms with Crippen molar-refractivity contribution in [2.75, 3.05) is 38.2 Å². The summed E-state index contributed by atoms with van der Waals surface area (Å²) in [4.78, 5) is 16.5. The van der Waals surface area contributed by atoms with Crippen LogP contribution in [0.1, 0.15) is 34.0 Å². The van der Waals surface area contributed by atoms with Gasteiger partial charge in [-0.3, -0.25) is 4.79 Å². The van der Waals surface area contributed by atoms with E-state index in [0.29, 0.717) is 16.7 Å². The fourth-order valence-corrected chi connectivity index (χ4v) is 4.54. The predicted molar refractivity (Wildman–Crippen MR) is 126 cm³/mol. The Hall–Kier alpha value is -3.02. The minimum Gasteiger partial charge on any atom is -0.369 e. The number of carbonyl (C=O) groups is 1. The third kappa shape index (κ3) is 4.06. The molecule has 3 aromatic carbocycles. The van der Waals surface area contributed by atoms with Gasteiger partial charge >= 0.3 is 0 Å². The molecule has 3 aromatic rings. The number of aryl methyl sites for hydroxylation is 1. The molecule has 1 aliphatic heterocycles. The van der Waals surface area contributed by atoms with E-state index in [1.165, 1.54) is 24.9 Å². The van der Waals surface area contributed by atoms with Gasteiger partial charge in [0.2, 0.25) is 5.78 Å². The summed E-state index contributed by atoms with van der Waals surface area (Å²) in [5.41, 5.74) is 2.84. The first kappa shape index (κ1) is 22.2. The molecule has 1 atom stereocenters. The molecule has 0 spiro atoms. The van der Waals surface area contributed by atoms with Gasteiger partial charge in [-0.15, -0.1) is 0 Å². The first-order chi connectivity index (χ1) is 15.6. The normalized spacial score (nSPS) is 15.9. The number of ether oxygens (including phenoxy) is 1. The quantitative estimate of drug-likeness (QED) is 0.556. The Morgan fingerprint density at radius 3 is 2.28 bits per heavy atom. The molecule has 0 bridgehead atoms. The number of carbonyl (C=O) groups excluding carboxylic acids is 1. The van der Waals surface area contributed by atoms with Gasteiger partial charge in [0.25, 0.3) is 0 Å². The minimum absolute atomic E-state index is 0.167. The highest BCUT2D eigenvalue weighted by Gasteiger charge is 2.43. The Morgan fingerprint density at radius 2 is 1.66 bits per heavy atom. The molecule has 1 N–H and O–H groups in total. The molecule has 32 heavy (non-hydrogen) atoms. The number of nitrogens with zero attached hydrogens (tertiary/aromatic N) is 1. The lowest BCUT2D eigenvalue weighted by Gasteiger charge is -2.33. The Kier molecular flexibility index (Phi) is 6.68. The lowest BCUT2D eigenvalue weighted by Crippen LogP contribution is -2.44. The molecular weight excluding hydrogens is 403 g/mol. The molecule has 1 heterocycles. The summed E-state index contributed by atoms with van der Waals surface area (Å²) in [6, 6.07) is 21.3. The monoisotopic (exact) mass is 432 g/mol. The first-order valence-corrected chi connectivity index (χ1v) is 11.1. The number of nitrogens with one attached hydrogen (secondary N) is 1. The van der Waals surface area contributed by atoms with Crippen LogP contribution in [0.25, 0.3) is 0 Å². The van der Waals surface area contributed by atoms with Crippen molar-refractivity contribution in [3.8, 4) is 0 Å². The van der Waals surface area contributed by atoms with E-state index in [9.17, 15) is 9.18 Å². The number of anilines is 1. The van der Waals surface area contributed by atoms with Crippen molar-refractivity contribution in [1.82, 2.24) is 5.32 Å². The fraction of sp³-hybridized carbons (Fsp3) is 0.296. The van der Waals surface area contributed by atoms with Crippen molar-refractivity contribution in [3.05, 3.63) is 101 Å². The molecule has 4 nitrogen and oxygen atoms in total. The Labute approximate surface area is 189 Å². The van der Waals surface area contributed by atoms with Crippen molar-refractivity contribution in [2.45, 2.75) is 18.9 Å². The molecule has 1 fully saturated rings. The van der Waals surface area contributed by atoms with Gasteiger partial charge < -0.3 is 15.0 Å². The van der Waals surface area contributed by atoms with E-state index in [-0.39, 0.29) is 11.6 Å². The van der Waals surface area contributed by atoms with E-state index in [4.69, 9.17) is 4.74 Å². The van der Waals surface area contributed by atoms with Crippen LogP contribution >= 0.6 is 0 Å². The van der Waals surface area contributed by atoms with Crippen LogP contribution in [0.3, 0.4) is 0 Å². The van der Waals surface area contributed by atoms with Gasteiger partial charge in [-0.05, 0) is 53.4 Å². The standard InChI is InChI=1S/C27H29FN2O2/c1-3-20-19-21(9-14-25(20)30-17-15-29-16-18-30)26(31)27(32-2,22-7-5-4-6-8-22)23-10-12-24(28)13-11-23/h4-14,19,29H,3,15-18H2,1-2H3. The zero-order valence-corrected chi connectivity index (χ0v) is 18.6. The van der Waals surface area contributed by atoms with Gasteiger partial charge in [-0.25, -0.2) is 4.39 Å². The van der Waals surface area contributed by atoms with Crippen LogP contribution in [0, 0.1) is 5.82 Å².